The minimum Gasteiger partial charge on any atom is -0.489 e. The second kappa shape index (κ2) is 11.1. The number of fused-ring (bicyclic) bond motifs is 1. The predicted octanol–water partition coefficient (Wildman–Crippen LogP) is 5.31. The summed E-state index contributed by atoms with van der Waals surface area (Å²) < 4.78 is 45.6. The van der Waals surface area contributed by atoms with Crippen LogP contribution in [-0.2, 0) is 24.1 Å². The lowest BCUT2D eigenvalue weighted by atomic mass is 9.84. The first-order chi connectivity index (χ1) is 19.5. The molecule has 1 aliphatic rings. The van der Waals surface area contributed by atoms with E-state index in [9.17, 15) is 32.7 Å². The molecule has 8 nitrogen and oxygen atoms in total. The summed E-state index contributed by atoms with van der Waals surface area (Å²) in [5.74, 6) is -3.41. The van der Waals surface area contributed by atoms with Crippen molar-refractivity contribution in [2.24, 2.45) is 17.8 Å². The summed E-state index contributed by atoms with van der Waals surface area (Å²) in [5, 5.41) is 18.5. The van der Waals surface area contributed by atoms with Gasteiger partial charge in [0.1, 0.15) is 17.9 Å². The van der Waals surface area contributed by atoms with Crippen molar-refractivity contribution < 1.29 is 32.6 Å². The number of aromatic nitrogens is 3. The van der Waals surface area contributed by atoms with Gasteiger partial charge in [-0.1, -0.05) is 29.0 Å². The van der Waals surface area contributed by atoms with Crippen molar-refractivity contribution in [3.8, 4) is 5.75 Å². The average molecular weight is 566 g/mol. The van der Waals surface area contributed by atoms with Crippen molar-refractivity contribution in [1.82, 2.24) is 15.0 Å². The number of alkyl halides is 3. The third-order valence-electron chi connectivity index (χ3n) is 7.50. The van der Waals surface area contributed by atoms with E-state index in [1.807, 2.05) is 13.0 Å². The summed E-state index contributed by atoms with van der Waals surface area (Å²) >= 11 is 0. The molecule has 0 aliphatic heterocycles. The first-order valence-corrected chi connectivity index (χ1v) is 13.0. The lowest BCUT2D eigenvalue weighted by Crippen LogP contribution is -2.34. The zero-order chi connectivity index (χ0) is 29.3. The molecular formula is C30H26F3N3O5. The number of hydrogen-bond donors (Lipinski definition) is 1. The van der Waals surface area contributed by atoms with E-state index in [-0.39, 0.29) is 24.5 Å². The van der Waals surface area contributed by atoms with Crippen LogP contribution in [0.2, 0.25) is 0 Å². The number of aliphatic carboxylic acids is 1. The van der Waals surface area contributed by atoms with E-state index < -0.39 is 35.5 Å². The van der Waals surface area contributed by atoms with Gasteiger partial charge in [0.05, 0.1) is 23.4 Å². The standard InChI is InChI=1S/C30H26F3N3O5/c1-17-5-12-25-24(13-17)28(38)36(35-34-25)15-20-8-11-23(26(20)29(39)40)27(37)19-6-9-22(10-7-19)41-16-18-3-2-4-21(14-18)30(31,32)33/h2-7,9-10,12-14,20,23,26H,8,11,15-16H2,1H3,(H,39,40). The minimum atomic E-state index is -4.46. The number of Topliss-reactive ketones (excluding diaryl/α,β-unsaturated/α-hetero) is 1. The molecule has 0 saturated heterocycles. The zero-order valence-electron chi connectivity index (χ0n) is 22.0. The topological polar surface area (TPSA) is 111 Å². The lowest BCUT2D eigenvalue weighted by Gasteiger charge is -2.20. The molecule has 5 rings (SSSR count). The summed E-state index contributed by atoms with van der Waals surface area (Å²) in [6.07, 6.45) is -3.70. The number of carbonyl (C=O) groups excluding carboxylic acids is 1. The summed E-state index contributed by atoms with van der Waals surface area (Å²) in [4.78, 5) is 38.6. The quantitative estimate of drug-likeness (QED) is 0.288. The maximum Gasteiger partial charge on any atom is 0.416 e. The van der Waals surface area contributed by atoms with Crippen LogP contribution in [0.4, 0.5) is 13.2 Å². The fourth-order valence-electron chi connectivity index (χ4n) is 5.42. The van der Waals surface area contributed by atoms with E-state index >= 15 is 0 Å². The molecule has 0 radical (unpaired) electrons. The average Bonchev–Trinajstić information content (AvgIpc) is 3.37. The van der Waals surface area contributed by atoms with Gasteiger partial charge in [-0.2, -0.15) is 13.2 Å². The number of aryl methyl sites for hydroxylation is 1. The number of carboxylic acid groups (broad SMARTS) is 1. The first kappa shape index (κ1) is 28.0. The van der Waals surface area contributed by atoms with Gasteiger partial charge in [0.25, 0.3) is 5.56 Å². The molecule has 1 N–H and O–H groups in total. The first-order valence-electron chi connectivity index (χ1n) is 13.0. The van der Waals surface area contributed by atoms with Gasteiger partial charge in [0.2, 0.25) is 0 Å². The number of hydrogen-bond acceptors (Lipinski definition) is 6. The molecule has 1 saturated carbocycles. The van der Waals surface area contributed by atoms with Crippen LogP contribution in [0.25, 0.3) is 10.9 Å². The number of ketones is 1. The molecule has 1 heterocycles. The number of halogens is 3. The molecule has 0 bridgehead atoms. The monoisotopic (exact) mass is 565 g/mol. The fourth-order valence-corrected chi connectivity index (χ4v) is 5.42. The normalized spacial score (nSPS) is 18.9. The minimum absolute atomic E-state index is 0.0266. The van der Waals surface area contributed by atoms with Gasteiger partial charge in [0, 0.05) is 11.5 Å². The highest BCUT2D eigenvalue weighted by atomic mass is 19.4. The van der Waals surface area contributed by atoms with Crippen molar-refractivity contribution in [2.45, 2.75) is 39.1 Å². The molecule has 41 heavy (non-hydrogen) atoms. The highest BCUT2D eigenvalue weighted by Gasteiger charge is 2.45. The van der Waals surface area contributed by atoms with Crippen LogP contribution in [0.5, 0.6) is 5.75 Å². The van der Waals surface area contributed by atoms with Crippen molar-refractivity contribution in [2.75, 3.05) is 0 Å². The van der Waals surface area contributed by atoms with Gasteiger partial charge >= 0.3 is 12.1 Å². The summed E-state index contributed by atoms with van der Waals surface area (Å²) in [5.41, 5.74) is 0.843. The van der Waals surface area contributed by atoms with E-state index in [0.29, 0.717) is 40.6 Å². The van der Waals surface area contributed by atoms with Gasteiger partial charge in [0.15, 0.2) is 5.78 Å². The number of carbonyl (C=O) groups is 2. The Bertz CT molecular complexity index is 1670. The summed E-state index contributed by atoms with van der Waals surface area (Å²) in [7, 11) is 0. The van der Waals surface area contributed by atoms with E-state index in [0.717, 1.165) is 17.7 Å². The Hall–Kier alpha value is -4.54. The second-order valence-electron chi connectivity index (χ2n) is 10.3. The zero-order valence-corrected chi connectivity index (χ0v) is 22.0. The maximum atomic E-state index is 13.4. The third kappa shape index (κ3) is 5.98. The number of carboxylic acids is 1. The maximum absolute atomic E-state index is 13.4. The van der Waals surface area contributed by atoms with Crippen molar-refractivity contribution in [3.05, 3.63) is 99.3 Å². The van der Waals surface area contributed by atoms with E-state index in [2.05, 4.69) is 10.3 Å². The van der Waals surface area contributed by atoms with Crippen LogP contribution in [-0.4, -0.2) is 31.9 Å². The number of ether oxygens (including phenoxy) is 1. The molecule has 3 atom stereocenters. The van der Waals surface area contributed by atoms with Gasteiger partial charge in [-0.3, -0.25) is 14.4 Å². The summed E-state index contributed by atoms with van der Waals surface area (Å²) in [6.45, 7) is 1.78. The van der Waals surface area contributed by atoms with Crippen molar-refractivity contribution in [3.63, 3.8) is 0 Å². The van der Waals surface area contributed by atoms with Gasteiger partial charge in [-0.25, -0.2) is 4.68 Å². The number of rotatable bonds is 8. The van der Waals surface area contributed by atoms with Gasteiger partial charge < -0.3 is 9.84 Å². The van der Waals surface area contributed by atoms with Crippen molar-refractivity contribution >= 4 is 22.7 Å². The Morgan fingerprint density at radius 3 is 2.51 bits per heavy atom. The highest BCUT2D eigenvalue weighted by molar-refractivity contribution is 6.00. The van der Waals surface area contributed by atoms with Crippen molar-refractivity contribution in [1.29, 1.82) is 0 Å². The lowest BCUT2D eigenvalue weighted by molar-refractivity contribution is -0.144. The Morgan fingerprint density at radius 2 is 1.80 bits per heavy atom. The van der Waals surface area contributed by atoms with Crippen LogP contribution in [0, 0.1) is 24.7 Å². The largest absolute Gasteiger partial charge is 0.489 e. The van der Waals surface area contributed by atoms with Crippen LogP contribution >= 0.6 is 0 Å². The molecule has 1 aromatic heterocycles. The van der Waals surface area contributed by atoms with Crippen LogP contribution in [0.15, 0.2) is 71.5 Å². The molecule has 3 aromatic carbocycles. The van der Waals surface area contributed by atoms with E-state index in [4.69, 9.17) is 4.74 Å². The second-order valence-corrected chi connectivity index (χ2v) is 10.3. The molecule has 212 valence electrons. The summed E-state index contributed by atoms with van der Waals surface area (Å²) in [6, 6.07) is 16.1. The Kier molecular flexibility index (Phi) is 7.61. The molecule has 0 spiro atoms. The Balaban J connectivity index is 1.27. The Labute approximate surface area is 232 Å². The van der Waals surface area contributed by atoms with Crippen LogP contribution < -0.4 is 10.3 Å². The third-order valence-corrected chi connectivity index (χ3v) is 7.50. The molecule has 4 aromatic rings. The van der Waals surface area contributed by atoms with E-state index in [1.54, 1.807) is 12.1 Å². The SMILES string of the molecule is Cc1ccc2nnn(CC3CCC(C(=O)c4ccc(OCc5cccc(C(F)(F)F)c5)cc4)C3C(=O)O)c(=O)c2c1. The molecule has 1 aliphatic carbocycles. The fraction of sp³-hybridized carbons (Fsp3) is 0.300. The van der Waals surface area contributed by atoms with Gasteiger partial charge in [-0.15, -0.1) is 5.10 Å². The van der Waals surface area contributed by atoms with Crippen LogP contribution in [0.1, 0.15) is 39.9 Å². The number of benzene rings is 3. The van der Waals surface area contributed by atoms with Crippen LogP contribution in [0.3, 0.4) is 0 Å². The van der Waals surface area contributed by atoms with E-state index in [1.165, 1.54) is 41.1 Å². The molecule has 1 fully saturated rings. The molecule has 11 heteroatoms. The number of nitrogens with zero attached hydrogens (tertiary/aromatic N) is 3. The smallest absolute Gasteiger partial charge is 0.416 e. The molecule has 3 unspecified atom stereocenters. The highest BCUT2D eigenvalue weighted by Crippen LogP contribution is 2.40. The van der Waals surface area contributed by atoms with Gasteiger partial charge in [-0.05, 0) is 79.8 Å². The predicted molar refractivity (Wildman–Crippen MR) is 142 cm³/mol. The molecule has 0 amide bonds. The Morgan fingerprint density at radius 1 is 1.05 bits per heavy atom. The molecular weight excluding hydrogens is 539 g/mol.